The zero-order chi connectivity index (χ0) is 11.2. The van der Waals surface area contributed by atoms with Gasteiger partial charge in [0.1, 0.15) is 0 Å². The zero-order valence-electron chi connectivity index (χ0n) is 9.29. The van der Waals surface area contributed by atoms with Crippen LogP contribution in [0.4, 0.5) is 0 Å². The first-order chi connectivity index (χ1) is 6.44. The molecule has 3 N–H and O–H groups in total. The molecule has 0 aromatic carbocycles. The summed E-state index contributed by atoms with van der Waals surface area (Å²) in [5.41, 5.74) is 1.50. The number of hydrogen-bond acceptors (Lipinski definition) is 4. The van der Waals surface area contributed by atoms with Gasteiger partial charge >= 0.3 is 0 Å². The number of carbonyl (C=O) groups is 1. The van der Waals surface area contributed by atoms with Gasteiger partial charge in [0.05, 0.1) is 24.7 Å². The molecule has 5 heteroatoms. The summed E-state index contributed by atoms with van der Waals surface area (Å²) >= 11 is 0. The van der Waals surface area contributed by atoms with Crippen molar-refractivity contribution in [1.29, 1.82) is 0 Å². The summed E-state index contributed by atoms with van der Waals surface area (Å²) in [7, 11) is 1.61. The maximum atomic E-state index is 11.3. The Kier molecular flexibility index (Phi) is 5.68. The van der Waals surface area contributed by atoms with E-state index in [0.717, 1.165) is 0 Å². The first-order valence-corrected chi connectivity index (χ1v) is 4.55. The van der Waals surface area contributed by atoms with Crippen molar-refractivity contribution in [2.24, 2.45) is 11.3 Å². The van der Waals surface area contributed by atoms with Crippen LogP contribution in [0.5, 0.6) is 0 Å². The third-order valence-electron chi connectivity index (χ3n) is 1.88. The molecule has 0 aliphatic rings. The Morgan fingerprint density at radius 2 is 2.14 bits per heavy atom. The summed E-state index contributed by atoms with van der Waals surface area (Å²) in [6.45, 7) is 6.27. The first-order valence-electron chi connectivity index (χ1n) is 4.55. The van der Waals surface area contributed by atoms with Gasteiger partial charge in [0.15, 0.2) is 0 Å². The van der Waals surface area contributed by atoms with Gasteiger partial charge in [-0.25, -0.2) is 5.84 Å². The number of hydrazine groups is 1. The van der Waals surface area contributed by atoms with E-state index in [1.54, 1.807) is 21.0 Å². The summed E-state index contributed by atoms with van der Waals surface area (Å²) in [4.78, 5) is 11.3. The van der Waals surface area contributed by atoms with Gasteiger partial charge in [0.25, 0.3) is 0 Å². The van der Waals surface area contributed by atoms with Crippen molar-refractivity contribution >= 4 is 5.91 Å². The lowest BCUT2D eigenvalue weighted by molar-refractivity contribution is -0.134. The van der Waals surface area contributed by atoms with E-state index in [-0.39, 0.29) is 12.0 Å². The molecule has 0 rings (SSSR count). The highest BCUT2D eigenvalue weighted by Gasteiger charge is 2.27. The average Bonchev–Trinajstić information content (AvgIpc) is 2.14. The number of methoxy groups -OCH3 is 1. The Bertz CT molecular complexity index is 183. The summed E-state index contributed by atoms with van der Waals surface area (Å²) < 4.78 is 10.3. The fraction of sp³-hybridized carbons (Fsp3) is 0.889. The van der Waals surface area contributed by atoms with Gasteiger partial charge in [0, 0.05) is 7.11 Å². The number of carbonyl (C=O) groups excluding carboxylic acids is 1. The van der Waals surface area contributed by atoms with E-state index < -0.39 is 5.41 Å². The van der Waals surface area contributed by atoms with E-state index in [4.69, 9.17) is 15.3 Å². The quantitative estimate of drug-likeness (QED) is 0.364. The third kappa shape index (κ3) is 4.55. The van der Waals surface area contributed by atoms with Crippen molar-refractivity contribution < 1.29 is 14.3 Å². The monoisotopic (exact) mass is 204 g/mol. The molecule has 0 saturated carbocycles. The van der Waals surface area contributed by atoms with Crippen molar-refractivity contribution in [3.8, 4) is 0 Å². The molecule has 0 aromatic rings. The van der Waals surface area contributed by atoms with Crippen LogP contribution >= 0.6 is 0 Å². The van der Waals surface area contributed by atoms with Crippen LogP contribution in [0.15, 0.2) is 0 Å². The fourth-order valence-electron chi connectivity index (χ4n) is 0.894. The predicted molar refractivity (Wildman–Crippen MR) is 53.4 cm³/mol. The lowest BCUT2D eigenvalue weighted by Gasteiger charge is -2.24. The molecule has 1 atom stereocenters. The Labute approximate surface area is 84.9 Å². The average molecular weight is 204 g/mol. The van der Waals surface area contributed by atoms with E-state index in [1.807, 2.05) is 6.92 Å². The molecule has 0 saturated heterocycles. The number of amides is 1. The van der Waals surface area contributed by atoms with E-state index in [2.05, 4.69) is 5.43 Å². The van der Waals surface area contributed by atoms with Crippen molar-refractivity contribution in [3.05, 3.63) is 0 Å². The summed E-state index contributed by atoms with van der Waals surface area (Å²) in [6.07, 6.45) is -0.0233. The van der Waals surface area contributed by atoms with E-state index in [9.17, 15) is 4.79 Å². The Morgan fingerprint density at radius 3 is 2.57 bits per heavy atom. The fourth-order valence-corrected chi connectivity index (χ4v) is 0.894. The molecule has 0 bridgehead atoms. The maximum Gasteiger partial charge on any atom is 0.241 e. The maximum absolute atomic E-state index is 11.3. The molecule has 14 heavy (non-hydrogen) atoms. The Morgan fingerprint density at radius 1 is 1.57 bits per heavy atom. The van der Waals surface area contributed by atoms with Gasteiger partial charge in [-0.2, -0.15) is 0 Å². The Balaban J connectivity index is 3.92. The number of rotatable bonds is 6. The number of nitrogens with one attached hydrogen (secondary N) is 1. The minimum absolute atomic E-state index is 0.0233. The second-order valence-electron chi connectivity index (χ2n) is 3.93. The van der Waals surface area contributed by atoms with E-state index >= 15 is 0 Å². The molecule has 0 aliphatic heterocycles. The SMILES string of the molecule is COCC(C)OCC(C)(C)C(=O)NN. The van der Waals surface area contributed by atoms with Crippen molar-refractivity contribution in [2.75, 3.05) is 20.3 Å². The van der Waals surface area contributed by atoms with Gasteiger partial charge in [-0.1, -0.05) is 0 Å². The van der Waals surface area contributed by atoms with Crippen molar-refractivity contribution in [3.63, 3.8) is 0 Å². The minimum Gasteiger partial charge on any atom is -0.382 e. The number of hydrogen-bond donors (Lipinski definition) is 2. The molecule has 0 aliphatic carbocycles. The number of nitrogens with two attached hydrogens (primary N) is 1. The topological polar surface area (TPSA) is 73.6 Å². The van der Waals surface area contributed by atoms with Gasteiger partial charge in [-0.15, -0.1) is 0 Å². The molecule has 0 aromatic heterocycles. The smallest absolute Gasteiger partial charge is 0.241 e. The molecule has 1 unspecified atom stereocenters. The van der Waals surface area contributed by atoms with Crippen molar-refractivity contribution in [1.82, 2.24) is 5.43 Å². The summed E-state index contributed by atoms with van der Waals surface area (Å²) in [5, 5.41) is 0. The normalized spacial score (nSPS) is 13.8. The summed E-state index contributed by atoms with van der Waals surface area (Å²) in [5.74, 6) is 4.81. The largest absolute Gasteiger partial charge is 0.382 e. The van der Waals surface area contributed by atoms with Crippen LogP contribution in [0.1, 0.15) is 20.8 Å². The lowest BCUT2D eigenvalue weighted by atomic mass is 9.94. The van der Waals surface area contributed by atoms with Crippen LogP contribution in [0.2, 0.25) is 0 Å². The second kappa shape index (κ2) is 5.95. The highest BCUT2D eigenvalue weighted by molar-refractivity contribution is 5.81. The molecule has 5 nitrogen and oxygen atoms in total. The van der Waals surface area contributed by atoms with Gasteiger partial charge < -0.3 is 9.47 Å². The Hall–Kier alpha value is -0.650. The molecule has 0 fully saturated rings. The van der Waals surface area contributed by atoms with Crippen LogP contribution in [0, 0.1) is 5.41 Å². The first kappa shape index (κ1) is 13.4. The van der Waals surface area contributed by atoms with Gasteiger partial charge in [0.2, 0.25) is 5.91 Å². The predicted octanol–water partition coefficient (Wildman–Crippen LogP) is 0.0540. The lowest BCUT2D eigenvalue weighted by Crippen LogP contribution is -2.44. The number of ether oxygens (including phenoxy) is 2. The highest BCUT2D eigenvalue weighted by Crippen LogP contribution is 2.16. The van der Waals surface area contributed by atoms with E-state index in [0.29, 0.717) is 13.2 Å². The zero-order valence-corrected chi connectivity index (χ0v) is 9.29. The molecule has 1 amide bonds. The van der Waals surface area contributed by atoms with Crippen LogP contribution in [-0.4, -0.2) is 32.3 Å². The molecule has 84 valence electrons. The van der Waals surface area contributed by atoms with Crippen molar-refractivity contribution in [2.45, 2.75) is 26.9 Å². The van der Waals surface area contributed by atoms with Crippen LogP contribution < -0.4 is 11.3 Å². The van der Waals surface area contributed by atoms with Gasteiger partial charge in [-0.3, -0.25) is 10.2 Å². The van der Waals surface area contributed by atoms with Crippen LogP contribution in [-0.2, 0) is 14.3 Å². The van der Waals surface area contributed by atoms with Gasteiger partial charge in [-0.05, 0) is 20.8 Å². The van der Waals surface area contributed by atoms with Crippen LogP contribution in [0.25, 0.3) is 0 Å². The minimum atomic E-state index is -0.614. The standard InChI is InChI=1S/C9H20N2O3/c1-7(5-13-4)14-6-9(2,3)8(12)11-10/h7H,5-6,10H2,1-4H3,(H,11,12). The molecule has 0 heterocycles. The highest BCUT2D eigenvalue weighted by atomic mass is 16.5. The molecular formula is C9H20N2O3. The molecule has 0 spiro atoms. The molecule has 0 radical (unpaired) electrons. The second-order valence-corrected chi connectivity index (χ2v) is 3.93. The van der Waals surface area contributed by atoms with E-state index in [1.165, 1.54) is 0 Å². The van der Waals surface area contributed by atoms with Crippen LogP contribution in [0.3, 0.4) is 0 Å². The summed E-state index contributed by atoms with van der Waals surface area (Å²) in [6, 6.07) is 0. The molecular weight excluding hydrogens is 184 g/mol. The third-order valence-corrected chi connectivity index (χ3v) is 1.88.